The second-order valence-electron chi connectivity index (χ2n) is 6.28. The minimum absolute atomic E-state index is 0.0194. The lowest BCUT2D eigenvalue weighted by atomic mass is 10.1. The molecule has 1 N–H and O–H groups in total. The fourth-order valence-corrected chi connectivity index (χ4v) is 3.65. The Morgan fingerprint density at radius 2 is 1.53 bits per heavy atom. The molecular formula is C22H15F2N3O2S. The van der Waals surface area contributed by atoms with Crippen molar-refractivity contribution < 1.29 is 13.6 Å². The summed E-state index contributed by atoms with van der Waals surface area (Å²) in [5.41, 5.74) is 0.417. The molecule has 0 aliphatic carbocycles. The highest BCUT2D eigenvalue weighted by Gasteiger charge is 2.19. The van der Waals surface area contributed by atoms with Crippen LogP contribution in [-0.2, 0) is 0 Å². The van der Waals surface area contributed by atoms with Crippen LogP contribution in [0.3, 0.4) is 0 Å². The number of anilines is 1. The van der Waals surface area contributed by atoms with Crippen molar-refractivity contribution in [3.63, 3.8) is 0 Å². The van der Waals surface area contributed by atoms with Crippen molar-refractivity contribution in [3.8, 4) is 5.69 Å². The van der Waals surface area contributed by atoms with Crippen LogP contribution in [0.25, 0.3) is 16.5 Å². The standard InChI is InChI=1S/C22H15F2N3O2S/c23-22(24)30-18-13-7-6-12-17(18)25-20(28)19-15-10-4-5-11-16(15)21(29)27(26-19)14-8-2-1-3-9-14/h1-13,22H,(H,25,28). The highest BCUT2D eigenvalue weighted by atomic mass is 32.2. The van der Waals surface area contributed by atoms with Gasteiger partial charge in [0.1, 0.15) is 0 Å². The molecule has 1 heterocycles. The normalized spacial score (nSPS) is 11.0. The van der Waals surface area contributed by atoms with Crippen LogP contribution in [0.2, 0.25) is 0 Å². The van der Waals surface area contributed by atoms with Gasteiger partial charge in [0.2, 0.25) is 0 Å². The van der Waals surface area contributed by atoms with Gasteiger partial charge in [-0.1, -0.05) is 60.3 Å². The summed E-state index contributed by atoms with van der Waals surface area (Å²) in [7, 11) is 0. The van der Waals surface area contributed by atoms with Gasteiger partial charge < -0.3 is 5.32 Å². The van der Waals surface area contributed by atoms with Crippen molar-refractivity contribution in [1.82, 2.24) is 9.78 Å². The number of rotatable bonds is 5. The molecule has 150 valence electrons. The van der Waals surface area contributed by atoms with Crippen molar-refractivity contribution in [2.45, 2.75) is 10.7 Å². The quantitative estimate of drug-likeness (QED) is 0.461. The zero-order chi connectivity index (χ0) is 21.1. The summed E-state index contributed by atoms with van der Waals surface area (Å²) in [5.74, 6) is -3.22. The zero-order valence-corrected chi connectivity index (χ0v) is 16.3. The van der Waals surface area contributed by atoms with Crippen LogP contribution in [0.1, 0.15) is 10.5 Å². The minimum Gasteiger partial charge on any atom is -0.320 e. The molecule has 5 nitrogen and oxygen atoms in total. The number of benzene rings is 3. The topological polar surface area (TPSA) is 64.0 Å². The van der Waals surface area contributed by atoms with E-state index in [0.717, 1.165) is 4.68 Å². The molecule has 4 rings (SSSR count). The molecule has 0 radical (unpaired) electrons. The molecule has 0 atom stereocenters. The fraction of sp³-hybridized carbons (Fsp3) is 0.0455. The average molecular weight is 423 g/mol. The molecule has 0 fully saturated rings. The molecule has 8 heteroatoms. The molecule has 1 amide bonds. The first kappa shape index (κ1) is 19.8. The van der Waals surface area contributed by atoms with Gasteiger partial charge in [0.15, 0.2) is 5.69 Å². The maximum Gasteiger partial charge on any atom is 0.288 e. The molecule has 0 saturated carbocycles. The summed E-state index contributed by atoms with van der Waals surface area (Å²) in [6.45, 7) is 0. The van der Waals surface area contributed by atoms with Crippen LogP contribution >= 0.6 is 11.8 Å². The SMILES string of the molecule is O=C(Nc1ccccc1SC(F)F)c1nn(-c2ccccc2)c(=O)c2ccccc12. The number of carbonyl (C=O) groups excluding carboxylic acids is 1. The molecule has 30 heavy (non-hydrogen) atoms. The summed E-state index contributed by atoms with van der Waals surface area (Å²) in [5, 5.41) is 7.66. The molecule has 0 unspecified atom stereocenters. The van der Waals surface area contributed by atoms with Gasteiger partial charge in [-0.05, 0) is 30.3 Å². The number of hydrogen-bond donors (Lipinski definition) is 1. The van der Waals surface area contributed by atoms with Crippen LogP contribution in [-0.4, -0.2) is 21.4 Å². The second kappa shape index (κ2) is 8.46. The van der Waals surface area contributed by atoms with Crippen molar-refractivity contribution in [3.05, 3.63) is 94.9 Å². The number of carbonyl (C=O) groups is 1. The number of nitrogens with zero attached hydrogens (tertiary/aromatic N) is 2. The van der Waals surface area contributed by atoms with E-state index in [2.05, 4.69) is 10.4 Å². The van der Waals surface area contributed by atoms with Crippen LogP contribution in [0, 0.1) is 0 Å². The lowest BCUT2D eigenvalue weighted by molar-refractivity contribution is 0.102. The summed E-state index contributed by atoms with van der Waals surface area (Å²) >= 11 is 0.345. The Bertz CT molecular complexity index is 1280. The molecule has 4 aromatic rings. The number of halogens is 2. The average Bonchev–Trinajstić information content (AvgIpc) is 2.76. The molecule has 0 aliphatic heterocycles. The number of thioether (sulfide) groups is 1. The lowest BCUT2D eigenvalue weighted by Crippen LogP contribution is -2.26. The predicted molar refractivity (Wildman–Crippen MR) is 114 cm³/mol. The minimum atomic E-state index is -2.62. The van der Waals surface area contributed by atoms with E-state index >= 15 is 0 Å². The van der Waals surface area contributed by atoms with E-state index in [0.29, 0.717) is 28.2 Å². The molecule has 0 aliphatic rings. The van der Waals surface area contributed by atoms with Crippen LogP contribution in [0.15, 0.2) is 88.6 Å². The molecule has 0 spiro atoms. The van der Waals surface area contributed by atoms with E-state index in [4.69, 9.17) is 0 Å². The van der Waals surface area contributed by atoms with Gasteiger partial charge in [-0.15, -0.1) is 0 Å². The van der Waals surface area contributed by atoms with Crippen molar-refractivity contribution >= 4 is 34.1 Å². The summed E-state index contributed by atoms with van der Waals surface area (Å²) < 4.78 is 26.9. The Kier molecular flexibility index (Phi) is 5.58. The van der Waals surface area contributed by atoms with Crippen molar-refractivity contribution in [2.75, 3.05) is 5.32 Å². The smallest absolute Gasteiger partial charge is 0.288 e. The fourth-order valence-electron chi connectivity index (χ4n) is 3.05. The summed E-state index contributed by atoms with van der Waals surface area (Å²) in [6.07, 6.45) is 0. The Hall–Kier alpha value is -3.52. The van der Waals surface area contributed by atoms with Gasteiger partial charge >= 0.3 is 0 Å². The van der Waals surface area contributed by atoms with Gasteiger partial charge in [0.25, 0.3) is 17.2 Å². The maximum atomic E-state index is 13.1. The number of fused-ring (bicyclic) bond motifs is 1. The van der Waals surface area contributed by atoms with Gasteiger partial charge in [0, 0.05) is 10.3 Å². The number of para-hydroxylation sites is 2. The van der Waals surface area contributed by atoms with Gasteiger partial charge in [-0.2, -0.15) is 18.6 Å². The highest BCUT2D eigenvalue weighted by molar-refractivity contribution is 7.99. The largest absolute Gasteiger partial charge is 0.320 e. The first-order valence-corrected chi connectivity index (χ1v) is 9.85. The number of hydrogen-bond acceptors (Lipinski definition) is 4. The number of amides is 1. The van der Waals surface area contributed by atoms with E-state index in [1.165, 1.54) is 12.1 Å². The van der Waals surface area contributed by atoms with Gasteiger partial charge in [0.05, 0.1) is 16.8 Å². The first-order valence-electron chi connectivity index (χ1n) is 8.97. The maximum absolute atomic E-state index is 13.1. The first-order chi connectivity index (χ1) is 14.5. The van der Waals surface area contributed by atoms with E-state index in [1.54, 1.807) is 66.7 Å². The highest BCUT2D eigenvalue weighted by Crippen LogP contribution is 2.32. The summed E-state index contributed by atoms with van der Waals surface area (Å²) in [4.78, 5) is 26.2. The molecule has 0 bridgehead atoms. The molecule has 1 aromatic heterocycles. The van der Waals surface area contributed by atoms with E-state index in [-0.39, 0.29) is 21.8 Å². The van der Waals surface area contributed by atoms with Gasteiger partial charge in [-0.25, -0.2) is 0 Å². The van der Waals surface area contributed by atoms with E-state index < -0.39 is 11.7 Å². The predicted octanol–water partition coefficient (Wildman–Crippen LogP) is 4.95. The van der Waals surface area contributed by atoms with Gasteiger partial charge in [-0.3, -0.25) is 9.59 Å². The number of aromatic nitrogens is 2. The van der Waals surface area contributed by atoms with Crippen molar-refractivity contribution in [2.24, 2.45) is 0 Å². The van der Waals surface area contributed by atoms with Crippen molar-refractivity contribution in [1.29, 1.82) is 0 Å². The Balaban J connectivity index is 1.82. The third-order valence-electron chi connectivity index (χ3n) is 4.37. The number of nitrogens with one attached hydrogen (secondary N) is 1. The second-order valence-corrected chi connectivity index (χ2v) is 7.31. The van der Waals surface area contributed by atoms with Crippen LogP contribution in [0.5, 0.6) is 0 Å². The van der Waals surface area contributed by atoms with Crippen LogP contribution in [0.4, 0.5) is 14.5 Å². The lowest BCUT2D eigenvalue weighted by Gasteiger charge is -2.13. The van der Waals surface area contributed by atoms with E-state index in [9.17, 15) is 18.4 Å². The van der Waals surface area contributed by atoms with Crippen LogP contribution < -0.4 is 10.9 Å². The Labute approximate surface area is 174 Å². The Morgan fingerprint density at radius 1 is 0.900 bits per heavy atom. The number of alkyl halides is 2. The third kappa shape index (κ3) is 3.95. The summed E-state index contributed by atoms with van der Waals surface area (Å²) in [6, 6.07) is 21.7. The molecular weight excluding hydrogens is 408 g/mol. The monoisotopic (exact) mass is 423 g/mol. The van der Waals surface area contributed by atoms with E-state index in [1.807, 2.05) is 0 Å². The Morgan fingerprint density at radius 3 is 2.27 bits per heavy atom. The molecule has 3 aromatic carbocycles. The zero-order valence-electron chi connectivity index (χ0n) is 15.5. The molecule has 0 saturated heterocycles. The third-order valence-corrected chi connectivity index (χ3v) is 5.16.